The van der Waals surface area contributed by atoms with Gasteiger partial charge in [0.2, 0.25) is 11.7 Å². The molecule has 0 atom stereocenters. The van der Waals surface area contributed by atoms with E-state index >= 15 is 0 Å². The highest BCUT2D eigenvalue weighted by Gasteiger charge is 2.33. The number of hydrogen-bond acceptors (Lipinski definition) is 6. The first-order valence-electron chi connectivity index (χ1n) is 13.5. The minimum Gasteiger partial charge on any atom is -0.378 e. The lowest BCUT2D eigenvalue weighted by Crippen LogP contribution is -2.21. The predicted octanol–water partition coefficient (Wildman–Crippen LogP) is 8.43. The number of nitrogens with zero attached hydrogens (tertiary/aromatic N) is 4. The lowest BCUT2D eigenvalue weighted by atomic mass is 10.1. The van der Waals surface area contributed by atoms with Gasteiger partial charge in [0.05, 0.1) is 0 Å². The Morgan fingerprint density at radius 3 is 2.08 bits per heavy atom. The van der Waals surface area contributed by atoms with Gasteiger partial charge in [0.15, 0.2) is 5.78 Å². The fraction of sp³-hybridized carbons (Fsp3) is 0.600. The second kappa shape index (κ2) is 20.9. The van der Waals surface area contributed by atoms with E-state index in [2.05, 4.69) is 59.9 Å². The van der Waals surface area contributed by atoms with Crippen molar-refractivity contribution in [3.63, 3.8) is 0 Å². The minimum atomic E-state index is -4.50. The molecule has 0 fully saturated rings. The SMILES string of the molecule is CCC(C)C.CCCC(=O)/C(C)=C/C(=NC)C(F)(F)F.C\C=C/C(=C\C(=C\CC)N(C)C)c1noc(CC)n1. The number of rotatable bonds is 11. The number of aliphatic imine (C=N–C) groups is 1. The molecule has 1 aromatic heterocycles. The summed E-state index contributed by atoms with van der Waals surface area (Å²) in [5.74, 6) is 1.91. The number of aryl methyl sites for hydroxylation is 1. The highest BCUT2D eigenvalue weighted by molar-refractivity contribution is 6.06. The van der Waals surface area contributed by atoms with Crippen molar-refractivity contribution >= 4 is 17.1 Å². The number of alkyl halides is 3. The van der Waals surface area contributed by atoms with Crippen LogP contribution in [0.5, 0.6) is 0 Å². The summed E-state index contributed by atoms with van der Waals surface area (Å²) in [7, 11) is 5.11. The number of carbonyl (C=O) groups excluding carboxylic acids is 1. The Labute approximate surface area is 233 Å². The first kappa shape index (κ1) is 38.2. The number of hydrogen-bond donors (Lipinski definition) is 0. The maximum Gasteiger partial charge on any atom is 0.432 e. The molecule has 0 aliphatic rings. The molecule has 0 spiro atoms. The first-order valence-corrected chi connectivity index (χ1v) is 13.5. The molecule has 0 amide bonds. The molecule has 0 aliphatic heterocycles. The van der Waals surface area contributed by atoms with E-state index in [0.717, 1.165) is 43.2 Å². The van der Waals surface area contributed by atoms with E-state index in [4.69, 9.17) is 4.52 Å². The number of halogens is 3. The topological polar surface area (TPSA) is 71.6 Å². The second-order valence-electron chi connectivity index (χ2n) is 9.31. The Morgan fingerprint density at radius 2 is 1.72 bits per heavy atom. The van der Waals surface area contributed by atoms with E-state index in [0.29, 0.717) is 18.1 Å². The van der Waals surface area contributed by atoms with Crippen LogP contribution in [0.3, 0.4) is 0 Å². The van der Waals surface area contributed by atoms with Gasteiger partial charge >= 0.3 is 6.18 Å². The van der Waals surface area contributed by atoms with Crippen molar-refractivity contribution in [2.24, 2.45) is 10.9 Å². The van der Waals surface area contributed by atoms with Crippen LogP contribution in [0.4, 0.5) is 13.2 Å². The van der Waals surface area contributed by atoms with Gasteiger partial charge in [-0.2, -0.15) is 18.2 Å². The van der Waals surface area contributed by atoms with Crippen LogP contribution in [-0.2, 0) is 11.2 Å². The number of allylic oxidation sites excluding steroid dienone is 7. The fourth-order valence-electron chi connectivity index (χ4n) is 2.60. The number of aromatic nitrogens is 2. The van der Waals surface area contributed by atoms with Crippen molar-refractivity contribution < 1.29 is 22.5 Å². The van der Waals surface area contributed by atoms with Crippen LogP contribution in [0, 0.1) is 5.92 Å². The summed E-state index contributed by atoms with van der Waals surface area (Å²) in [5.41, 5.74) is 1.16. The van der Waals surface area contributed by atoms with E-state index in [1.54, 1.807) is 6.92 Å². The maximum atomic E-state index is 12.2. The van der Waals surface area contributed by atoms with E-state index in [1.807, 2.05) is 40.1 Å². The minimum absolute atomic E-state index is 0.0924. The third-order valence-corrected chi connectivity index (χ3v) is 5.23. The van der Waals surface area contributed by atoms with Crippen LogP contribution >= 0.6 is 0 Å². The second-order valence-corrected chi connectivity index (χ2v) is 9.31. The van der Waals surface area contributed by atoms with Gasteiger partial charge in [-0.05, 0) is 50.3 Å². The quantitative estimate of drug-likeness (QED) is 0.156. The van der Waals surface area contributed by atoms with Crippen LogP contribution in [0.25, 0.3) is 5.57 Å². The maximum absolute atomic E-state index is 12.2. The van der Waals surface area contributed by atoms with Gasteiger partial charge in [0.1, 0.15) is 5.71 Å². The summed E-state index contributed by atoms with van der Waals surface area (Å²) in [6, 6.07) is 0. The van der Waals surface area contributed by atoms with Crippen molar-refractivity contribution in [2.75, 3.05) is 21.1 Å². The first-order chi connectivity index (χ1) is 18.2. The molecule has 39 heavy (non-hydrogen) atoms. The van der Waals surface area contributed by atoms with Crippen molar-refractivity contribution in [3.8, 4) is 0 Å². The lowest BCUT2D eigenvalue weighted by Gasteiger charge is -2.14. The zero-order valence-corrected chi connectivity index (χ0v) is 25.7. The van der Waals surface area contributed by atoms with Crippen LogP contribution in [0.1, 0.15) is 92.8 Å². The van der Waals surface area contributed by atoms with Crippen molar-refractivity contribution in [1.29, 1.82) is 0 Å². The molecular formula is C30H49F3N4O2. The summed E-state index contributed by atoms with van der Waals surface area (Å²) in [5, 5.41) is 4.03. The molecule has 9 heteroatoms. The summed E-state index contributed by atoms with van der Waals surface area (Å²) in [4.78, 5) is 20.8. The summed E-state index contributed by atoms with van der Waals surface area (Å²) in [6.07, 6.45) is 8.44. The van der Waals surface area contributed by atoms with E-state index < -0.39 is 11.9 Å². The van der Waals surface area contributed by atoms with Gasteiger partial charge in [-0.1, -0.05) is 71.3 Å². The average molecular weight is 555 g/mol. The Bertz CT molecular complexity index is 983. The number of ketones is 1. The highest BCUT2D eigenvalue weighted by Crippen LogP contribution is 2.20. The van der Waals surface area contributed by atoms with E-state index in [1.165, 1.54) is 13.3 Å². The molecule has 0 radical (unpaired) electrons. The molecule has 0 unspecified atom stereocenters. The predicted molar refractivity (Wildman–Crippen MR) is 157 cm³/mol. The third kappa shape index (κ3) is 17.3. The smallest absolute Gasteiger partial charge is 0.378 e. The highest BCUT2D eigenvalue weighted by atomic mass is 19.4. The number of Topliss-reactive ketones (excluding diaryl/α,β-unsaturated/α-hetero) is 1. The molecule has 1 heterocycles. The van der Waals surface area contributed by atoms with Gasteiger partial charge in [0.25, 0.3) is 0 Å². The molecule has 0 aromatic carbocycles. The normalized spacial score (nSPS) is 13.2. The molecular weight excluding hydrogens is 505 g/mol. The average Bonchev–Trinajstić information content (AvgIpc) is 3.35. The molecule has 0 N–H and O–H groups in total. The summed E-state index contributed by atoms with van der Waals surface area (Å²) >= 11 is 0. The molecule has 0 bridgehead atoms. The van der Waals surface area contributed by atoms with Crippen LogP contribution in [0.2, 0.25) is 0 Å². The van der Waals surface area contributed by atoms with Crippen molar-refractivity contribution in [3.05, 3.63) is 53.4 Å². The summed E-state index contributed by atoms with van der Waals surface area (Å²) < 4.78 is 41.9. The monoisotopic (exact) mass is 554 g/mol. The third-order valence-electron chi connectivity index (χ3n) is 5.23. The standard InChI is InChI=1S/C15H23N3O.C10H14F3NO.C5H12/c1-6-9-12(11-13(10-7-2)18(4)5)15-16-14(8-3)19-17-15;1-4-5-8(15)7(2)6-9(14-3)10(11,12)13;1-4-5(2)3/h6,9-11H,7-8H2,1-5H3;6H,4-5H2,1-3H3;5H,4H2,1-3H3/b9-6-,12-11+,13-10-;7-6+,14-9?;. The Balaban J connectivity index is 0. The van der Waals surface area contributed by atoms with Crippen LogP contribution < -0.4 is 0 Å². The lowest BCUT2D eigenvalue weighted by molar-refractivity contribution is -0.115. The Kier molecular flexibility index (Phi) is 20.5. The van der Waals surface area contributed by atoms with Gasteiger partial charge in [-0.3, -0.25) is 9.79 Å². The number of carbonyl (C=O) groups is 1. The van der Waals surface area contributed by atoms with Crippen molar-refractivity contribution in [2.45, 2.75) is 93.7 Å². The zero-order valence-electron chi connectivity index (χ0n) is 25.7. The van der Waals surface area contributed by atoms with Gasteiger partial charge in [-0.15, -0.1) is 0 Å². The fourth-order valence-corrected chi connectivity index (χ4v) is 2.60. The Morgan fingerprint density at radius 1 is 1.13 bits per heavy atom. The Hall–Kier alpha value is -2.97. The molecule has 0 aliphatic carbocycles. The van der Waals surface area contributed by atoms with Gasteiger partial charge < -0.3 is 9.42 Å². The van der Waals surface area contributed by atoms with Crippen LogP contribution in [-0.4, -0.2) is 53.9 Å². The summed E-state index contributed by atoms with van der Waals surface area (Å²) in [6.45, 7) is 15.9. The largest absolute Gasteiger partial charge is 0.432 e. The molecule has 222 valence electrons. The van der Waals surface area contributed by atoms with Crippen LogP contribution in [0.15, 0.2) is 51.2 Å². The van der Waals surface area contributed by atoms with Gasteiger partial charge in [-0.25, -0.2) is 0 Å². The zero-order chi connectivity index (χ0) is 30.6. The van der Waals surface area contributed by atoms with E-state index in [-0.39, 0.29) is 17.8 Å². The molecule has 1 rings (SSSR count). The molecule has 6 nitrogen and oxygen atoms in total. The van der Waals surface area contributed by atoms with E-state index in [9.17, 15) is 18.0 Å². The molecule has 1 aromatic rings. The molecule has 0 saturated heterocycles. The van der Waals surface area contributed by atoms with Crippen molar-refractivity contribution in [1.82, 2.24) is 15.0 Å². The molecule has 0 saturated carbocycles. The number of likely N-dealkylation sites (N-methyl/N-ethyl adjacent to an activating group) is 1. The van der Waals surface area contributed by atoms with Gasteiger partial charge in [0, 0.05) is 45.3 Å².